The predicted octanol–water partition coefficient (Wildman–Crippen LogP) is 1.70. The molecular formula is C16H26ClN3O4. The van der Waals surface area contributed by atoms with Gasteiger partial charge in [0.25, 0.3) is 0 Å². The Hall–Kier alpha value is -1.99. The van der Waals surface area contributed by atoms with E-state index in [1.165, 1.54) is 14.2 Å². The highest BCUT2D eigenvalue weighted by molar-refractivity contribution is 5.96. The maximum absolute atomic E-state index is 12.0. The van der Waals surface area contributed by atoms with Crippen LogP contribution < -0.4 is 25.8 Å². The van der Waals surface area contributed by atoms with Crippen LogP contribution in [0.25, 0.3) is 0 Å². The number of nitrogens with two attached hydrogens (primary N) is 1. The number of nitrogens with one attached hydrogen (secondary N) is 2. The molecule has 0 saturated heterocycles. The van der Waals surface area contributed by atoms with Gasteiger partial charge in [0.15, 0.2) is 0 Å². The summed E-state index contributed by atoms with van der Waals surface area (Å²) in [6.07, 6.45) is 1.34. The first kappa shape index (κ1) is 22.0. The Morgan fingerprint density at radius 1 is 1.17 bits per heavy atom. The number of carbonyl (C=O) groups is 2. The summed E-state index contributed by atoms with van der Waals surface area (Å²) >= 11 is 0. The van der Waals surface area contributed by atoms with Gasteiger partial charge in [-0.3, -0.25) is 9.59 Å². The average Bonchev–Trinajstić information content (AvgIpc) is 2.51. The topological polar surface area (TPSA) is 103 Å². The normalized spacial score (nSPS) is 12.4. The minimum absolute atomic E-state index is 0. The third-order valence-electron chi connectivity index (χ3n) is 3.33. The van der Waals surface area contributed by atoms with Gasteiger partial charge in [0, 0.05) is 23.9 Å². The molecule has 0 spiro atoms. The summed E-state index contributed by atoms with van der Waals surface area (Å²) in [7, 11) is 3.05. The fraction of sp³-hybridized carbons (Fsp3) is 0.500. The van der Waals surface area contributed by atoms with Crippen molar-refractivity contribution in [3.63, 3.8) is 0 Å². The third kappa shape index (κ3) is 6.64. The van der Waals surface area contributed by atoms with E-state index in [0.29, 0.717) is 23.6 Å². The van der Waals surface area contributed by atoms with E-state index in [2.05, 4.69) is 10.6 Å². The highest BCUT2D eigenvalue weighted by atomic mass is 35.5. The highest BCUT2D eigenvalue weighted by Crippen LogP contribution is 2.25. The minimum atomic E-state index is -0.978. The summed E-state index contributed by atoms with van der Waals surface area (Å²) in [5, 5.41) is 5.22. The molecule has 24 heavy (non-hydrogen) atoms. The number of amides is 2. The van der Waals surface area contributed by atoms with Crippen LogP contribution in [0.4, 0.5) is 5.69 Å². The van der Waals surface area contributed by atoms with E-state index < -0.39 is 5.54 Å². The van der Waals surface area contributed by atoms with Gasteiger partial charge in [-0.25, -0.2) is 0 Å². The summed E-state index contributed by atoms with van der Waals surface area (Å²) in [5.74, 6) is 0.404. The first-order chi connectivity index (χ1) is 10.8. The molecule has 4 N–H and O–H groups in total. The van der Waals surface area contributed by atoms with Gasteiger partial charge in [0.05, 0.1) is 26.3 Å². The van der Waals surface area contributed by atoms with Crippen molar-refractivity contribution in [2.24, 2.45) is 5.73 Å². The first-order valence-corrected chi connectivity index (χ1v) is 7.42. The number of methoxy groups -OCH3 is 2. The molecule has 0 radical (unpaired) electrons. The third-order valence-corrected chi connectivity index (χ3v) is 3.33. The molecule has 0 saturated carbocycles. The van der Waals surface area contributed by atoms with Crippen LogP contribution in [0.1, 0.15) is 26.7 Å². The van der Waals surface area contributed by atoms with Crippen LogP contribution in [0.2, 0.25) is 0 Å². The fourth-order valence-electron chi connectivity index (χ4n) is 2.08. The van der Waals surface area contributed by atoms with Crippen LogP contribution in [0.3, 0.4) is 0 Å². The van der Waals surface area contributed by atoms with Crippen LogP contribution in [0.5, 0.6) is 11.5 Å². The number of hydrogen-bond donors (Lipinski definition) is 3. The van der Waals surface area contributed by atoms with E-state index >= 15 is 0 Å². The van der Waals surface area contributed by atoms with Gasteiger partial charge >= 0.3 is 0 Å². The predicted molar refractivity (Wildman–Crippen MR) is 95.9 cm³/mol. The Kier molecular flexibility index (Phi) is 9.17. The van der Waals surface area contributed by atoms with E-state index in [1.54, 1.807) is 25.1 Å². The van der Waals surface area contributed by atoms with Crippen LogP contribution >= 0.6 is 12.4 Å². The Balaban J connectivity index is 0.00000529. The monoisotopic (exact) mass is 359 g/mol. The van der Waals surface area contributed by atoms with Crippen molar-refractivity contribution in [3.05, 3.63) is 18.2 Å². The molecule has 7 nitrogen and oxygen atoms in total. The summed E-state index contributed by atoms with van der Waals surface area (Å²) in [6, 6.07) is 5.01. The molecule has 0 aromatic heterocycles. The Bertz CT molecular complexity index is 542. The maximum atomic E-state index is 12.0. The number of anilines is 1. The zero-order valence-electron chi connectivity index (χ0n) is 14.5. The summed E-state index contributed by atoms with van der Waals surface area (Å²) in [6.45, 7) is 3.44. The van der Waals surface area contributed by atoms with Crippen LogP contribution in [-0.4, -0.2) is 38.1 Å². The van der Waals surface area contributed by atoms with Gasteiger partial charge in [-0.1, -0.05) is 13.3 Å². The van der Waals surface area contributed by atoms with Crippen LogP contribution in [-0.2, 0) is 9.59 Å². The molecule has 0 bridgehead atoms. The van der Waals surface area contributed by atoms with Crippen molar-refractivity contribution in [2.75, 3.05) is 26.1 Å². The number of rotatable bonds is 8. The van der Waals surface area contributed by atoms with Gasteiger partial charge in [-0.2, -0.15) is 0 Å². The molecule has 0 fully saturated rings. The largest absolute Gasteiger partial charge is 0.497 e. The molecule has 1 aromatic carbocycles. The van der Waals surface area contributed by atoms with Crippen LogP contribution in [0, 0.1) is 0 Å². The molecule has 136 valence electrons. The van der Waals surface area contributed by atoms with Crippen molar-refractivity contribution >= 4 is 29.9 Å². The van der Waals surface area contributed by atoms with Gasteiger partial charge in [-0.05, 0) is 13.3 Å². The molecule has 1 unspecified atom stereocenters. The lowest BCUT2D eigenvalue weighted by Crippen LogP contribution is -2.52. The second kappa shape index (κ2) is 10.00. The summed E-state index contributed by atoms with van der Waals surface area (Å²) in [4.78, 5) is 23.9. The van der Waals surface area contributed by atoms with E-state index in [0.717, 1.165) is 6.42 Å². The van der Waals surface area contributed by atoms with Gasteiger partial charge in [0.2, 0.25) is 11.8 Å². The number of ether oxygens (including phenoxy) is 2. The molecule has 0 aliphatic heterocycles. The van der Waals surface area contributed by atoms with E-state index in [1.807, 2.05) is 6.92 Å². The lowest BCUT2D eigenvalue weighted by atomic mass is 9.96. The number of halogens is 1. The number of hydrogen-bond acceptors (Lipinski definition) is 5. The molecular weight excluding hydrogens is 334 g/mol. The zero-order chi connectivity index (χ0) is 17.5. The maximum Gasteiger partial charge on any atom is 0.243 e. The molecule has 1 rings (SSSR count). The quantitative estimate of drug-likeness (QED) is 0.655. The second-order valence-electron chi connectivity index (χ2n) is 5.50. The Labute approximate surface area is 148 Å². The highest BCUT2D eigenvalue weighted by Gasteiger charge is 2.27. The van der Waals surface area contributed by atoms with Crippen LogP contribution in [0.15, 0.2) is 18.2 Å². The van der Waals surface area contributed by atoms with Gasteiger partial charge in [0.1, 0.15) is 11.5 Å². The molecule has 2 amide bonds. The van der Waals surface area contributed by atoms with Crippen molar-refractivity contribution in [2.45, 2.75) is 32.2 Å². The molecule has 0 aliphatic carbocycles. The average molecular weight is 360 g/mol. The molecule has 1 atom stereocenters. The Morgan fingerprint density at radius 2 is 1.71 bits per heavy atom. The molecule has 8 heteroatoms. The van der Waals surface area contributed by atoms with Crippen molar-refractivity contribution < 1.29 is 19.1 Å². The standard InChI is InChI=1S/C16H25N3O4.ClH/c1-5-6-16(2,17)15(21)18-10-14(20)19-11-7-12(22-3)9-13(8-11)23-4;/h7-9H,5-6,10,17H2,1-4H3,(H,18,21)(H,19,20);1H. The van der Waals surface area contributed by atoms with Crippen molar-refractivity contribution in [3.8, 4) is 11.5 Å². The number of benzene rings is 1. The molecule has 1 aromatic rings. The summed E-state index contributed by atoms with van der Waals surface area (Å²) < 4.78 is 10.3. The Morgan fingerprint density at radius 3 is 2.17 bits per heavy atom. The molecule has 0 heterocycles. The minimum Gasteiger partial charge on any atom is -0.497 e. The van der Waals surface area contributed by atoms with E-state index in [-0.39, 0.29) is 30.8 Å². The van der Waals surface area contributed by atoms with Gasteiger partial charge < -0.3 is 25.8 Å². The summed E-state index contributed by atoms with van der Waals surface area (Å²) in [5.41, 5.74) is 5.45. The van der Waals surface area contributed by atoms with E-state index in [9.17, 15) is 9.59 Å². The van der Waals surface area contributed by atoms with E-state index in [4.69, 9.17) is 15.2 Å². The van der Waals surface area contributed by atoms with Gasteiger partial charge in [-0.15, -0.1) is 12.4 Å². The zero-order valence-corrected chi connectivity index (χ0v) is 15.3. The first-order valence-electron chi connectivity index (χ1n) is 7.42. The second-order valence-corrected chi connectivity index (χ2v) is 5.50. The SMILES string of the molecule is CCCC(C)(N)C(=O)NCC(=O)Nc1cc(OC)cc(OC)c1.Cl. The van der Waals surface area contributed by atoms with Crippen molar-refractivity contribution in [1.29, 1.82) is 0 Å². The molecule has 0 aliphatic rings. The smallest absolute Gasteiger partial charge is 0.243 e. The lowest BCUT2D eigenvalue weighted by molar-refractivity contribution is -0.128. The number of carbonyl (C=O) groups excluding carboxylic acids is 2. The fourth-order valence-corrected chi connectivity index (χ4v) is 2.08. The van der Waals surface area contributed by atoms with Crippen molar-refractivity contribution in [1.82, 2.24) is 5.32 Å². The lowest BCUT2D eigenvalue weighted by Gasteiger charge is -2.22.